The van der Waals surface area contributed by atoms with Crippen LogP contribution in [0.5, 0.6) is 0 Å². The molecule has 0 spiro atoms. The van der Waals surface area contributed by atoms with Crippen molar-refractivity contribution < 1.29 is 9.84 Å². The average molecular weight is 196 g/mol. The molecular formula is C10H16N2O2. The Balaban J connectivity index is 2.22. The Hall–Kier alpha value is -0.870. The molecule has 78 valence electrons. The fraction of sp³-hybridized carbons (Fsp3) is 0.700. The van der Waals surface area contributed by atoms with Gasteiger partial charge in [0.1, 0.15) is 17.5 Å². The van der Waals surface area contributed by atoms with E-state index in [1.807, 2.05) is 17.8 Å². The van der Waals surface area contributed by atoms with Crippen LogP contribution in [0.4, 0.5) is 0 Å². The highest BCUT2D eigenvalue weighted by molar-refractivity contribution is 5.07. The third-order valence-corrected chi connectivity index (χ3v) is 3.21. The second kappa shape index (κ2) is 3.37. The summed E-state index contributed by atoms with van der Waals surface area (Å²) >= 11 is 0. The summed E-state index contributed by atoms with van der Waals surface area (Å²) in [5, 5.41) is 10.2. The third-order valence-electron chi connectivity index (χ3n) is 3.21. The predicted octanol–water partition coefficient (Wildman–Crippen LogP) is 1.02. The number of ether oxygens (including phenoxy) is 1. The van der Waals surface area contributed by atoms with E-state index < -0.39 is 6.10 Å². The van der Waals surface area contributed by atoms with E-state index in [4.69, 9.17) is 4.74 Å². The zero-order valence-corrected chi connectivity index (χ0v) is 8.60. The summed E-state index contributed by atoms with van der Waals surface area (Å²) in [4.78, 5) is 4.14. The van der Waals surface area contributed by atoms with Gasteiger partial charge >= 0.3 is 0 Å². The van der Waals surface area contributed by atoms with Gasteiger partial charge in [0.25, 0.3) is 0 Å². The molecule has 0 saturated heterocycles. The second-order valence-corrected chi connectivity index (χ2v) is 3.92. The molecule has 4 nitrogen and oxygen atoms in total. The third kappa shape index (κ3) is 1.26. The molecule has 1 aliphatic carbocycles. The van der Waals surface area contributed by atoms with Crippen LogP contribution < -0.4 is 0 Å². The van der Waals surface area contributed by atoms with Crippen LogP contribution in [0, 0.1) is 0 Å². The summed E-state index contributed by atoms with van der Waals surface area (Å²) < 4.78 is 7.25. The average Bonchev–Trinajstić information content (AvgIpc) is 2.50. The topological polar surface area (TPSA) is 47.3 Å². The SMILES string of the molecule is COC1(C(O)c2nccn2C)CCC1. The normalized spacial score (nSPS) is 21.6. The van der Waals surface area contributed by atoms with Gasteiger partial charge in [-0.15, -0.1) is 0 Å². The molecule has 0 amide bonds. The van der Waals surface area contributed by atoms with Crippen LogP contribution in [0.25, 0.3) is 0 Å². The van der Waals surface area contributed by atoms with Crippen LogP contribution in [-0.2, 0) is 11.8 Å². The molecule has 1 unspecified atom stereocenters. The number of nitrogens with zero attached hydrogens (tertiary/aromatic N) is 2. The summed E-state index contributed by atoms with van der Waals surface area (Å²) in [6, 6.07) is 0. The zero-order chi connectivity index (χ0) is 10.2. The maximum Gasteiger partial charge on any atom is 0.141 e. The van der Waals surface area contributed by atoms with Gasteiger partial charge in [0.2, 0.25) is 0 Å². The van der Waals surface area contributed by atoms with Crippen molar-refractivity contribution in [2.45, 2.75) is 31.0 Å². The molecule has 4 heteroatoms. The number of imidazole rings is 1. The van der Waals surface area contributed by atoms with Crippen LogP contribution in [0.1, 0.15) is 31.2 Å². The highest BCUT2D eigenvalue weighted by Crippen LogP contribution is 2.44. The Morgan fingerprint density at radius 1 is 1.64 bits per heavy atom. The minimum Gasteiger partial charge on any atom is -0.382 e. The molecule has 1 atom stereocenters. The molecular weight excluding hydrogens is 180 g/mol. The van der Waals surface area contributed by atoms with E-state index in [9.17, 15) is 5.11 Å². The number of aliphatic hydroxyl groups excluding tert-OH is 1. The van der Waals surface area contributed by atoms with E-state index in [1.54, 1.807) is 13.3 Å². The maximum atomic E-state index is 10.2. The Morgan fingerprint density at radius 3 is 2.71 bits per heavy atom. The van der Waals surface area contributed by atoms with Gasteiger partial charge in [-0.3, -0.25) is 0 Å². The monoisotopic (exact) mass is 196 g/mol. The van der Waals surface area contributed by atoms with Crippen molar-refractivity contribution in [2.24, 2.45) is 7.05 Å². The van der Waals surface area contributed by atoms with E-state index in [2.05, 4.69) is 4.98 Å². The van der Waals surface area contributed by atoms with Gasteiger partial charge < -0.3 is 14.4 Å². The fourth-order valence-electron chi connectivity index (χ4n) is 1.99. The lowest BCUT2D eigenvalue weighted by Crippen LogP contribution is -2.45. The highest BCUT2D eigenvalue weighted by Gasteiger charge is 2.46. The molecule has 1 fully saturated rings. The van der Waals surface area contributed by atoms with Crippen LogP contribution in [0.2, 0.25) is 0 Å². The van der Waals surface area contributed by atoms with E-state index in [0.29, 0.717) is 5.82 Å². The van der Waals surface area contributed by atoms with Crippen molar-refractivity contribution in [3.05, 3.63) is 18.2 Å². The first-order valence-electron chi connectivity index (χ1n) is 4.90. The number of hydrogen-bond acceptors (Lipinski definition) is 3. The van der Waals surface area contributed by atoms with Crippen molar-refractivity contribution >= 4 is 0 Å². The Kier molecular flexibility index (Phi) is 2.33. The zero-order valence-electron chi connectivity index (χ0n) is 8.60. The number of aromatic nitrogens is 2. The second-order valence-electron chi connectivity index (χ2n) is 3.92. The summed E-state index contributed by atoms with van der Waals surface area (Å²) in [5.74, 6) is 0.687. The van der Waals surface area contributed by atoms with Crippen LogP contribution >= 0.6 is 0 Å². The molecule has 0 aromatic carbocycles. The number of hydrogen-bond donors (Lipinski definition) is 1. The molecule has 1 aromatic rings. The number of aryl methyl sites for hydroxylation is 1. The molecule has 1 saturated carbocycles. The number of rotatable bonds is 3. The standard InChI is InChI=1S/C10H16N2O2/c1-12-7-6-11-9(12)8(13)10(14-2)4-3-5-10/h6-8,13H,3-5H2,1-2H3. The number of aliphatic hydroxyl groups is 1. The van der Waals surface area contributed by atoms with Crippen molar-refractivity contribution in [1.29, 1.82) is 0 Å². The van der Waals surface area contributed by atoms with E-state index in [0.717, 1.165) is 19.3 Å². The van der Waals surface area contributed by atoms with Gasteiger partial charge in [0.15, 0.2) is 0 Å². The van der Waals surface area contributed by atoms with Crippen LogP contribution in [0.15, 0.2) is 12.4 Å². The van der Waals surface area contributed by atoms with Crippen molar-refractivity contribution in [3.63, 3.8) is 0 Å². The maximum absolute atomic E-state index is 10.2. The summed E-state index contributed by atoms with van der Waals surface area (Å²) in [7, 11) is 3.54. The summed E-state index contributed by atoms with van der Waals surface area (Å²) in [6.07, 6.45) is 5.87. The van der Waals surface area contributed by atoms with Gasteiger partial charge in [-0.25, -0.2) is 4.98 Å². The van der Waals surface area contributed by atoms with Crippen LogP contribution in [-0.4, -0.2) is 27.4 Å². The van der Waals surface area contributed by atoms with Gasteiger partial charge in [-0.05, 0) is 19.3 Å². The van der Waals surface area contributed by atoms with Crippen molar-refractivity contribution in [3.8, 4) is 0 Å². The molecule has 14 heavy (non-hydrogen) atoms. The minimum atomic E-state index is -0.610. The quantitative estimate of drug-likeness (QED) is 0.785. The van der Waals surface area contributed by atoms with E-state index >= 15 is 0 Å². The lowest BCUT2D eigenvalue weighted by atomic mass is 9.75. The van der Waals surface area contributed by atoms with Gasteiger partial charge in [0, 0.05) is 26.6 Å². The first-order chi connectivity index (χ1) is 6.69. The molecule has 1 aliphatic rings. The summed E-state index contributed by atoms with van der Waals surface area (Å²) in [5.41, 5.74) is -0.390. The lowest BCUT2D eigenvalue weighted by Gasteiger charge is -2.43. The van der Waals surface area contributed by atoms with E-state index in [1.165, 1.54) is 0 Å². The largest absolute Gasteiger partial charge is 0.382 e. The molecule has 0 bridgehead atoms. The van der Waals surface area contributed by atoms with Gasteiger partial charge in [0.05, 0.1) is 0 Å². The van der Waals surface area contributed by atoms with Crippen molar-refractivity contribution in [1.82, 2.24) is 9.55 Å². The summed E-state index contributed by atoms with van der Waals surface area (Å²) in [6.45, 7) is 0. The Labute approximate surface area is 83.5 Å². The molecule has 0 radical (unpaired) electrons. The fourth-order valence-corrected chi connectivity index (χ4v) is 1.99. The predicted molar refractivity (Wildman–Crippen MR) is 51.8 cm³/mol. The first-order valence-corrected chi connectivity index (χ1v) is 4.90. The Morgan fingerprint density at radius 2 is 2.36 bits per heavy atom. The molecule has 1 N–H and O–H groups in total. The number of methoxy groups -OCH3 is 1. The van der Waals surface area contributed by atoms with Crippen LogP contribution in [0.3, 0.4) is 0 Å². The molecule has 2 rings (SSSR count). The van der Waals surface area contributed by atoms with E-state index in [-0.39, 0.29) is 5.60 Å². The minimum absolute atomic E-state index is 0.390. The lowest BCUT2D eigenvalue weighted by molar-refractivity contribution is -0.155. The molecule has 1 heterocycles. The first kappa shape index (κ1) is 9.68. The van der Waals surface area contributed by atoms with Crippen molar-refractivity contribution in [2.75, 3.05) is 7.11 Å². The van der Waals surface area contributed by atoms with Gasteiger partial charge in [-0.1, -0.05) is 0 Å². The molecule has 0 aliphatic heterocycles. The van der Waals surface area contributed by atoms with Gasteiger partial charge in [-0.2, -0.15) is 0 Å². The smallest absolute Gasteiger partial charge is 0.141 e. The Bertz CT molecular complexity index is 312. The highest BCUT2D eigenvalue weighted by atomic mass is 16.5. The molecule has 1 aromatic heterocycles.